The Labute approximate surface area is 201 Å². The quantitative estimate of drug-likeness (QED) is 0.541. The van der Waals surface area contributed by atoms with Crippen molar-refractivity contribution in [1.29, 1.82) is 0 Å². The summed E-state index contributed by atoms with van der Waals surface area (Å²) in [5, 5.41) is 10.2. The van der Waals surface area contributed by atoms with Crippen molar-refractivity contribution in [1.82, 2.24) is 25.0 Å². The summed E-state index contributed by atoms with van der Waals surface area (Å²) in [6, 6.07) is 9.67. The number of hydrogen-bond acceptors (Lipinski definition) is 7. The molecule has 3 aromatic rings. The van der Waals surface area contributed by atoms with Gasteiger partial charge in [0.2, 0.25) is 5.95 Å². The normalized spacial score (nSPS) is 16.4. The second-order valence-corrected chi connectivity index (χ2v) is 8.51. The molecular weight excluding hydrogens is 463 g/mol. The fraction of sp³-hybridized carbons (Fsp3) is 0.348. The molecule has 1 saturated heterocycles. The van der Waals surface area contributed by atoms with Crippen LogP contribution in [0, 0.1) is 5.82 Å². The molecule has 1 aliphatic heterocycles. The minimum absolute atomic E-state index is 0.0517. The van der Waals surface area contributed by atoms with Gasteiger partial charge in [0, 0.05) is 48.4 Å². The van der Waals surface area contributed by atoms with Gasteiger partial charge in [0.1, 0.15) is 5.82 Å². The number of ether oxygens (including phenoxy) is 2. The lowest BCUT2D eigenvalue weighted by atomic mass is 10.2. The van der Waals surface area contributed by atoms with Crippen LogP contribution in [0.3, 0.4) is 0 Å². The van der Waals surface area contributed by atoms with E-state index in [1.165, 1.54) is 13.2 Å². The van der Waals surface area contributed by atoms with Gasteiger partial charge in [-0.2, -0.15) is 4.98 Å². The second-order valence-electron chi connectivity index (χ2n) is 8.10. The Kier molecular flexibility index (Phi) is 7.18. The monoisotopic (exact) mass is 488 g/mol. The largest absolute Gasteiger partial charge is 0.493 e. The van der Waals surface area contributed by atoms with Gasteiger partial charge in [-0.05, 0) is 44.3 Å². The molecule has 2 aromatic carbocycles. The van der Waals surface area contributed by atoms with E-state index < -0.39 is 11.9 Å². The van der Waals surface area contributed by atoms with E-state index in [0.29, 0.717) is 40.0 Å². The fourth-order valence-electron chi connectivity index (χ4n) is 3.80. The number of nitrogens with one attached hydrogen (secondary N) is 2. The van der Waals surface area contributed by atoms with Crippen LogP contribution in [0.5, 0.6) is 11.5 Å². The van der Waals surface area contributed by atoms with Gasteiger partial charge in [0.15, 0.2) is 17.3 Å². The lowest BCUT2D eigenvalue weighted by Crippen LogP contribution is -2.53. The second kappa shape index (κ2) is 10.3. The number of aromatic amines is 1. The number of H-pyrrole nitrogens is 1. The third-order valence-corrected chi connectivity index (χ3v) is 6.02. The first kappa shape index (κ1) is 23.8. The molecule has 0 saturated carbocycles. The Hall–Kier alpha value is -3.37. The molecule has 11 heteroatoms. The van der Waals surface area contributed by atoms with Crippen LogP contribution in [0.4, 0.5) is 15.1 Å². The summed E-state index contributed by atoms with van der Waals surface area (Å²) in [5.74, 6) is 1.04. The topological polar surface area (TPSA) is 95.6 Å². The van der Waals surface area contributed by atoms with Crippen molar-refractivity contribution in [3.05, 3.63) is 52.8 Å². The molecule has 180 valence electrons. The highest BCUT2D eigenvalue weighted by Gasteiger charge is 2.28. The molecule has 2 N–H and O–H groups in total. The van der Waals surface area contributed by atoms with Crippen LogP contribution in [-0.2, 0) is 6.54 Å². The van der Waals surface area contributed by atoms with Crippen molar-refractivity contribution in [2.75, 3.05) is 39.1 Å². The molecule has 9 nitrogen and oxygen atoms in total. The van der Waals surface area contributed by atoms with E-state index in [1.54, 1.807) is 35.2 Å². The summed E-state index contributed by atoms with van der Waals surface area (Å²) in [6.07, 6.45) is -0.412. The highest BCUT2D eigenvalue weighted by atomic mass is 35.5. The number of methoxy groups -OCH3 is 1. The van der Waals surface area contributed by atoms with Crippen LogP contribution in [0.25, 0.3) is 11.4 Å². The average molecular weight is 489 g/mol. The van der Waals surface area contributed by atoms with Gasteiger partial charge < -0.3 is 24.6 Å². The molecule has 1 unspecified atom stereocenters. The summed E-state index contributed by atoms with van der Waals surface area (Å²) in [5.41, 5.74) is 1.01. The highest BCUT2D eigenvalue weighted by molar-refractivity contribution is 6.31. The Morgan fingerprint density at radius 2 is 2.12 bits per heavy atom. The zero-order valence-electron chi connectivity index (χ0n) is 19.1. The van der Waals surface area contributed by atoms with E-state index in [-0.39, 0.29) is 18.5 Å². The van der Waals surface area contributed by atoms with Crippen molar-refractivity contribution in [3.63, 3.8) is 0 Å². The van der Waals surface area contributed by atoms with E-state index >= 15 is 0 Å². The number of amides is 1. The van der Waals surface area contributed by atoms with E-state index in [4.69, 9.17) is 21.1 Å². The van der Waals surface area contributed by atoms with Crippen molar-refractivity contribution >= 4 is 23.6 Å². The Balaban J connectivity index is 1.44. The molecular formula is C23H26ClFN6O3. The number of piperazine rings is 1. The van der Waals surface area contributed by atoms with Gasteiger partial charge in [-0.1, -0.05) is 17.7 Å². The summed E-state index contributed by atoms with van der Waals surface area (Å²) < 4.78 is 25.0. The van der Waals surface area contributed by atoms with Crippen molar-refractivity contribution in [3.8, 4) is 22.9 Å². The smallest absolute Gasteiger partial charge is 0.415 e. The average Bonchev–Trinajstić information content (AvgIpc) is 3.28. The summed E-state index contributed by atoms with van der Waals surface area (Å²) in [7, 11) is 3.53. The predicted molar refractivity (Wildman–Crippen MR) is 127 cm³/mol. The highest BCUT2D eigenvalue weighted by Crippen LogP contribution is 2.32. The van der Waals surface area contributed by atoms with E-state index in [2.05, 4.69) is 25.4 Å². The van der Waals surface area contributed by atoms with Crippen molar-refractivity contribution in [2.24, 2.45) is 0 Å². The van der Waals surface area contributed by atoms with E-state index in [1.807, 2.05) is 14.0 Å². The number of aromatic nitrogens is 3. The van der Waals surface area contributed by atoms with Crippen LogP contribution < -0.4 is 14.8 Å². The van der Waals surface area contributed by atoms with Crippen LogP contribution in [0.1, 0.15) is 12.5 Å². The number of halogens is 2. The molecule has 0 bridgehead atoms. The zero-order valence-corrected chi connectivity index (χ0v) is 19.9. The SMILES string of the molecule is COc1cc(-c2nc(NCc3c(F)cccc3Cl)n[nH]2)ccc1OC(=O)N1CCN(C)CC1C. The molecule has 2 heterocycles. The Bertz CT molecular complexity index is 1150. The summed E-state index contributed by atoms with van der Waals surface area (Å²) >= 11 is 6.06. The lowest BCUT2D eigenvalue weighted by Gasteiger charge is -2.37. The third-order valence-electron chi connectivity index (χ3n) is 5.67. The van der Waals surface area contributed by atoms with Gasteiger partial charge in [0.25, 0.3) is 0 Å². The van der Waals surface area contributed by atoms with Crippen molar-refractivity contribution in [2.45, 2.75) is 19.5 Å². The fourth-order valence-corrected chi connectivity index (χ4v) is 4.03. The Morgan fingerprint density at radius 1 is 1.29 bits per heavy atom. The van der Waals surface area contributed by atoms with Gasteiger partial charge in [0.05, 0.1) is 7.11 Å². The summed E-state index contributed by atoms with van der Waals surface area (Å²) in [4.78, 5) is 21.0. The van der Waals surface area contributed by atoms with E-state index in [9.17, 15) is 9.18 Å². The van der Waals surface area contributed by atoms with Gasteiger partial charge >= 0.3 is 6.09 Å². The molecule has 0 radical (unpaired) electrons. The first-order chi connectivity index (χ1) is 16.4. The number of likely N-dealkylation sites (N-methyl/N-ethyl adjacent to an activating group) is 1. The standard InChI is InChI=1S/C23H26ClFN6O3/c1-14-13-30(2)9-10-31(14)23(32)34-19-8-7-15(11-20(19)33-3)21-27-22(29-28-21)26-12-16-17(24)5-4-6-18(16)25/h4-8,11,14H,9-10,12-13H2,1-3H3,(H2,26,27,28,29). The molecule has 1 aliphatic rings. The maximum absolute atomic E-state index is 14.0. The maximum Gasteiger partial charge on any atom is 0.415 e. The summed E-state index contributed by atoms with van der Waals surface area (Å²) in [6.45, 7) is 4.30. The van der Waals surface area contributed by atoms with Crippen LogP contribution >= 0.6 is 11.6 Å². The molecule has 1 aromatic heterocycles. The predicted octanol–water partition coefficient (Wildman–Crippen LogP) is 4.02. The molecule has 0 aliphatic carbocycles. The van der Waals surface area contributed by atoms with Crippen LogP contribution in [0.2, 0.25) is 5.02 Å². The number of benzene rings is 2. The first-order valence-corrected chi connectivity index (χ1v) is 11.2. The lowest BCUT2D eigenvalue weighted by molar-refractivity contribution is 0.0886. The third kappa shape index (κ3) is 5.23. The molecule has 1 fully saturated rings. The van der Waals surface area contributed by atoms with Crippen molar-refractivity contribution < 1.29 is 18.7 Å². The van der Waals surface area contributed by atoms with Gasteiger partial charge in [-0.3, -0.25) is 5.10 Å². The number of anilines is 1. The Morgan fingerprint density at radius 3 is 2.85 bits per heavy atom. The minimum atomic E-state index is -0.412. The molecule has 1 amide bonds. The van der Waals surface area contributed by atoms with Gasteiger partial charge in [-0.15, -0.1) is 5.10 Å². The number of nitrogens with zero attached hydrogens (tertiary/aromatic N) is 4. The molecule has 1 atom stereocenters. The number of hydrogen-bond donors (Lipinski definition) is 2. The number of carbonyl (C=O) groups excluding carboxylic acids is 1. The molecule has 4 rings (SSSR count). The zero-order chi connectivity index (χ0) is 24.2. The maximum atomic E-state index is 14.0. The molecule has 34 heavy (non-hydrogen) atoms. The van der Waals surface area contributed by atoms with Crippen LogP contribution in [-0.4, -0.2) is 70.9 Å². The first-order valence-electron chi connectivity index (χ1n) is 10.8. The molecule has 0 spiro atoms. The number of carbonyl (C=O) groups is 1. The van der Waals surface area contributed by atoms with E-state index in [0.717, 1.165) is 13.1 Å². The van der Waals surface area contributed by atoms with Gasteiger partial charge in [-0.25, -0.2) is 9.18 Å². The minimum Gasteiger partial charge on any atom is -0.493 e. The number of rotatable bonds is 6. The van der Waals surface area contributed by atoms with Crippen LogP contribution in [0.15, 0.2) is 36.4 Å².